The van der Waals surface area contributed by atoms with E-state index in [1.54, 1.807) is 11.8 Å². The summed E-state index contributed by atoms with van der Waals surface area (Å²) in [6, 6.07) is 0. The molecule has 20 heavy (non-hydrogen) atoms. The smallest absolute Gasteiger partial charge is 0.138 e. The number of aromatic nitrogens is 2. The Morgan fingerprint density at radius 1 is 1.05 bits per heavy atom. The first-order chi connectivity index (χ1) is 9.41. The summed E-state index contributed by atoms with van der Waals surface area (Å²) in [5, 5.41) is 3.55. The topological polar surface area (TPSA) is 37.8 Å². The Hall–Kier alpha value is -0.610. The van der Waals surface area contributed by atoms with Crippen LogP contribution in [0.3, 0.4) is 0 Å². The van der Waals surface area contributed by atoms with E-state index in [1.807, 2.05) is 0 Å². The highest BCUT2D eigenvalue weighted by Gasteiger charge is 2.14. The monoisotopic (exact) mass is 295 g/mol. The fourth-order valence-corrected chi connectivity index (χ4v) is 2.66. The number of aryl methyl sites for hydroxylation is 2. The quantitative estimate of drug-likeness (QED) is 0.836. The standard InChI is InChI=1S/C16H29N3S/c1-7-13-12(9-10-17-16(3,4)5)14(8-2)19-15(18-13)11-20-6/h17H,7-11H2,1-6H3. The van der Waals surface area contributed by atoms with Crippen molar-refractivity contribution >= 4 is 11.8 Å². The molecule has 1 heterocycles. The highest BCUT2D eigenvalue weighted by Crippen LogP contribution is 2.16. The Morgan fingerprint density at radius 3 is 2.00 bits per heavy atom. The Balaban J connectivity index is 2.92. The van der Waals surface area contributed by atoms with Gasteiger partial charge in [-0.3, -0.25) is 0 Å². The number of nitrogens with one attached hydrogen (secondary N) is 1. The number of hydrogen-bond acceptors (Lipinski definition) is 4. The molecule has 0 atom stereocenters. The summed E-state index contributed by atoms with van der Waals surface area (Å²) in [7, 11) is 0. The maximum atomic E-state index is 4.74. The van der Waals surface area contributed by atoms with E-state index in [-0.39, 0.29) is 5.54 Å². The molecule has 114 valence electrons. The molecule has 0 amide bonds. The van der Waals surface area contributed by atoms with Gasteiger partial charge in [-0.1, -0.05) is 13.8 Å². The zero-order chi connectivity index (χ0) is 15.2. The molecule has 1 aromatic heterocycles. The maximum Gasteiger partial charge on any atom is 0.138 e. The summed E-state index contributed by atoms with van der Waals surface area (Å²) in [5.74, 6) is 1.89. The van der Waals surface area contributed by atoms with Crippen molar-refractivity contribution in [2.24, 2.45) is 0 Å². The van der Waals surface area contributed by atoms with Gasteiger partial charge < -0.3 is 5.32 Å². The van der Waals surface area contributed by atoms with Gasteiger partial charge in [0.2, 0.25) is 0 Å². The molecule has 0 saturated carbocycles. The van der Waals surface area contributed by atoms with Crippen LogP contribution in [0.5, 0.6) is 0 Å². The number of thioether (sulfide) groups is 1. The maximum absolute atomic E-state index is 4.74. The van der Waals surface area contributed by atoms with Gasteiger partial charge in [0.25, 0.3) is 0 Å². The Labute approximate surface area is 128 Å². The van der Waals surface area contributed by atoms with Gasteiger partial charge in [-0.05, 0) is 58.4 Å². The van der Waals surface area contributed by atoms with Crippen molar-refractivity contribution < 1.29 is 0 Å². The van der Waals surface area contributed by atoms with Crippen LogP contribution in [-0.2, 0) is 25.0 Å². The van der Waals surface area contributed by atoms with Crippen molar-refractivity contribution in [2.75, 3.05) is 12.8 Å². The molecule has 0 aliphatic rings. The minimum atomic E-state index is 0.165. The van der Waals surface area contributed by atoms with Crippen molar-refractivity contribution in [3.63, 3.8) is 0 Å². The second-order valence-electron chi connectivity index (χ2n) is 6.08. The second-order valence-corrected chi connectivity index (χ2v) is 6.94. The first-order valence-electron chi connectivity index (χ1n) is 7.52. The molecule has 0 aromatic carbocycles. The van der Waals surface area contributed by atoms with Crippen molar-refractivity contribution in [1.82, 2.24) is 15.3 Å². The molecule has 1 aromatic rings. The normalized spacial score (nSPS) is 11.9. The molecule has 0 saturated heterocycles. The molecular formula is C16H29N3S. The van der Waals surface area contributed by atoms with Crippen LogP contribution < -0.4 is 5.32 Å². The number of rotatable bonds is 7. The van der Waals surface area contributed by atoms with Crippen LogP contribution in [-0.4, -0.2) is 28.3 Å². The molecule has 0 radical (unpaired) electrons. The third kappa shape index (κ3) is 5.41. The molecule has 0 fully saturated rings. The van der Waals surface area contributed by atoms with Gasteiger partial charge in [-0.25, -0.2) is 9.97 Å². The Bertz CT molecular complexity index is 399. The van der Waals surface area contributed by atoms with E-state index in [4.69, 9.17) is 9.97 Å². The molecule has 0 spiro atoms. The third-order valence-corrected chi connectivity index (χ3v) is 3.75. The average Bonchev–Trinajstić information content (AvgIpc) is 2.38. The zero-order valence-electron chi connectivity index (χ0n) is 13.8. The van der Waals surface area contributed by atoms with E-state index in [9.17, 15) is 0 Å². The Kier molecular flexibility index (Phi) is 6.96. The predicted octanol–water partition coefficient (Wildman–Crippen LogP) is 3.40. The van der Waals surface area contributed by atoms with E-state index < -0.39 is 0 Å². The molecule has 0 aliphatic carbocycles. The van der Waals surface area contributed by atoms with Crippen LogP contribution in [0.25, 0.3) is 0 Å². The molecule has 4 heteroatoms. The van der Waals surface area contributed by atoms with Crippen molar-refractivity contribution in [3.8, 4) is 0 Å². The lowest BCUT2D eigenvalue weighted by Gasteiger charge is -2.21. The predicted molar refractivity (Wildman–Crippen MR) is 89.5 cm³/mol. The van der Waals surface area contributed by atoms with Crippen LogP contribution in [0.15, 0.2) is 0 Å². The van der Waals surface area contributed by atoms with Gasteiger partial charge >= 0.3 is 0 Å². The summed E-state index contributed by atoms with van der Waals surface area (Å²) in [6.07, 6.45) is 5.09. The zero-order valence-corrected chi connectivity index (χ0v) is 14.7. The average molecular weight is 295 g/mol. The summed E-state index contributed by atoms with van der Waals surface area (Å²) in [4.78, 5) is 9.49. The van der Waals surface area contributed by atoms with E-state index in [1.165, 1.54) is 17.0 Å². The largest absolute Gasteiger partial charge is 0.312 e. The SMILES string of the molecule is CCc1nc(CSC)nc(CC)c1CCNC(C)(C)C. The molecule has 3 nitrogen and oxygen atoms in total. The van der Waals surface area contributed by atoms with Crippen LogP contribution >= 0.6 is 11.8 Å². The first-order valence-corrected chi connectivity index (χ1v) is 8.92. The summed E-state index contributed by atoms with van der Waals surface area (Å²) >= 11 is 1.78. The third-order valence-electron chi connectivity index (χ3n) is 3.20. The lowest BCUT2D eigenvalue weighted by molar-refractivity contribution is 0.428. The molecule has 0 bridgehead atoms. The fourth-order valence-electron chi connectivity index (χ4n) is 2.27. The van der Waals surface area contributed by atoms with E-state index >= 15 is 0 Å². The number of nitrogens with zero attached hydrogens (tertiary/aromatic N) is 2. The number of hydrogen-bond donors (Lipinski definition) is 1. The Morgan fingerprint density at radius 2 is 1.60 bits per heavy atom. The van der Waals surface area contributed by atoms with Crippen LogP contribution in [0, 0.1) is 0 Å². The molecule has 1 rings (SSSR count). The second kappa shape index (κ2) is 7.99. The van der Waals surface area contributed by atoms with Gasteiger partial charge in [0, 0.05) is 16.9 Å². The first kappa shape index (κ1) is 17.4. The molecule has 1 N–H and O–H groups in total. The molecule has 0 aliphatic heterocycles. The summed E-state index contributed by atoms with van der Waals surface area (Å²) < 4.78 is 0. The van der Waals surface area contributed by atoms with E-state index in [0.29, 0.717) is 0 Å². The summed E-state index contributed by atoms with van der Waals surface area (Å²) in [5.41, 5.74) is 3.99. The minimum Gasteiger partial charge on any atom is -0.312 e. The van der Waals surface area contributed by atoms with E-state index in [2.05, 4.69) is 46.2 Å². The van der Waals surface area contributed by atoms with Gasteiger partial charge in [0.15, 0.2) is 0 Å². The van der Waals surface area contributed by atoms with Gasteiger partial charge in [-0.2, -0.15) is 11.8 Å². The molecular weight excluding hydrogens is 266 g/mol. The fraction of sp³-hybridized carbons (Fsp3) is 0.750. The van der Waals surface area contributed by atoms with Crippen LogP contribution in [0.1, 0.15) is 57.4 Å². The van der Waals surface area contributed by atoms with E-state index in [0.717, 1.165) is 37.4 Å². The lowest BCUT2D eigenvalue weighted by Crippen LogP contribution is -2.37. The van der Waals surface area contributed by atoms with Crippen LogP contribution in [0.2, 0.25) is 0 Å². The minimum absolute atomic E-state index is 0.165. The van der Waals surface area contributed by atoms with Gasteiger partial charge in [0.05, 0.1) is 5.75 Å². The van der Waals surface area contributed by atoms with Gasteiger partial charge in [-0.15, -0.1) is 0 Å². The lowest BCUT2D eigenvalue weighted by atomic mass is 10.0. The van der Waals surface area contributed by atoms with Crippen molar-refractivity contribution in [1.29, 1.82) is 0 Å². The van der Waals surface area contributed by atoms with Crippen LogP contribution in [0.4, 0.5) is 0 Å². The van der Waals surface area contributed by atoms with Gasteiger partial charge in [0.1, 0.15) is 5.82 Å². The highest BCUT2D eigenvalue weighted by atomic mass is 32.2. The summed E-state index contributed by atoms with van der Waals surface area (Å²) in [6.45, 7) is 12.0. The molecule has 0 unspecified atom stereocenters. The van der Waals surface area contributed by atoms with Crippen molar-refractivity contribution in [2.45, 2.75) is 65.2 Å². The highest BCUT2D eigenvalue weighted by molar-refractivity contribution is 7.97. The van der Waals surface area contributed by atoms with Crippen molar-refractivity contribution in [3.05, 3.63) is 22.8 Å².